The van der Waals surface area contributed by atoms with Gasteiger partial charge in [-0.3, -0.25) is 0 Å². The molecule has 0 aliphatic heterocycles. The van der Waals surface area contributed by atoms with Crippen molar-refractivity contribution in [2.24, 2.45) is 0 Å². The van der Waals surface area contributed by atoms with Crippen LogP contribution in [0.2, 0.25) is 0 Å². The Bertz CT molecular complexity index is 1120. The van der Waals surface area contributed by atoms with Crippen LogP contribution >= 0.6 is 0 Å². The molecule has 3 aliphatic rings. The minimum atomic E-state index is -2.14. The van der Waals surface area contributed by atoms with Crippen molar-refractivity contribution in [2.45, 2.75) is 101 Å². The van der Waals surface area contributed by atoms with E-state index in [0.29, 0.717) is 3.63 Å². The molecule has 0 aromatic heterocycles. The van der Waals surface area contributed by atoms with Gasteiger partial charge in [-0.15, -0.1) is 0 Å². The van der Waals surface area contributed by atoms with Crippen molar-refractivity contribution in [2.75, 3.05) is 0 Å². The standard InChI is InChI=1S/C21H25.C7H12.C5H5.Zr/c1-20(2,3)16-7-9-18-14(12-16)11-15-13-17(21(4,5)6)8-10-19(15)18;1-2-4-6-7-5-3-1;1-2-4-5-3-1;/h7-13H,1-6H3;1-6H2;1-3H,4H2;. The van der Waals surface area contributed by atoms with Crippen molar-refractivity contribution in [3.05, 3.63) is 80.2 Å². The molecule has 1 fully saturated rings. The van der Waals surface area contributed by atoms with Crippen molar-refractivity contribution in [3.63, 3.8) is 0 Å². The molecule has 0 N–H and O–H groups in total. The quantitative estimate of drug-likeness (QED) is 0.340. The molecule has 0 nitrogen and oxygen atoms in total. The molecule has 0 spiro atoms. The van der Waals surface area contributed by atoms with Crippen LogP contribution in [0.15, 0.2) is 57.9 Å². The Hall–Kier alpha value is -1.33. The summed E-state index contributed by atoms with van der Waals surface area (Å²) in [5, 5.41) is 0. The third-order valence-electron chi connectivity index (χ3n) is 8.24. The van der Waals surface area contributed by atoms with E-state index < -0.39 is 21.3 Å². The van der Waals surface area contributed by atoms with Crippen LogP contribution in [-0.4, -0.2) is 3.21 Å². The van der Waals surface area contributed by atoms with E-state index in [-0.39, 0.29) is 10.8 Å². The van der Waals surface area contributed by atoms with Gasteiger partial charge in [0.2, 0.25) is 0 Å². The summed E-state index contributed by atoms with van der Waals surface area (Å²) >= 11 is -2.14. The molecule has 0 amide bonds. The van der Waals surface area contributed by atoms with Gasteiger partial charge in [-0.25, -0.2) is 0 Å². The Labute approximate surface area is 215 Å². The Morgan fingerprint density at radius 1 is 0.706 bits per heavy atom. The second kappa shape index (κ2) is 9.28. The first-order valence-electron chi connectivity index (χ1n) is 13.5. The van der Waals surface area contributed by atoms with Crippen LogP contribution in [0.25, 0.3) is 11.1 Å². The third-order valence-corrected chi connectivity index (χ3v) is 16.9. The van der Waals surface area contributed by atoms with E-state index in [2.05, 4.69) is 96.2 Å². The summed E-state index contributed by atoms with van der Waals surface area (Å²) in [6.45, 7) is 14.2. The fourth-order valence-electron chi connectivity index (χ4n) is 6.19. The van der Waals surface area contributed by atoms with Gasteiger partial charge in [0.15, 0.2) is 0 Å². The molecule has 0 unspecified atom stereocenters. The molecule has 0 atom stereocenters. The first-order valence-corrected chi connectivity index (χ1v) is 17.4. The van der Waals surface area contributed by atoms with Crippen molar-refractivity contribution < 1.29 is 21.3 Å². The fourth-order valence-corrected chi connectivity index (χ4v) is 15.6. The maximum absolute atomic E-state index is 2.62. The number of rotatable bonds is 2. The summed E-state index contributed by atoms with van der Waals surface area (Å²) in [6, 6.07) is 15.0. The first-order chi connectivity index (χ1) is 16.1. The van der Waals surface area contributed by atoms with E-state index in [0.717, 1.165) is 0 Å². The normalized spacial score (nSPS) is 18.5. The van der Waals surface area contributed by atoms with E-state index in [1.165, 1.54) is 67.2 Å². The summed E-state index contributed by atoms with van der Waals surface area (Å²) in [7, 11) is 0. The second-order valence-electron chi connectivity index (χ2n) is 12.8. The molecule has 0 saturated heterocycles. The van der Waals surface area contributed by atoms with Gasteiger partial charge in [-0.2, -0.15) is 0 Å². The number of hydrogen-bond acceptors (Lipinski definition) is 0. The number of hydrogen-bond donors (Lipinski definition) is 0. The van der Waals surface area contributed by atoms with Gasteiger partial charge in [0.25, 0.3) is 0 Å². The zero-order valence-corrected chi connectivity index (χ0v) is 24.7. The van der Waals surface area contributed by atoms with Crippen LogP contribution in [0.3, 0.4) is 0 Å². The van der Waals surface area contributed by atoms with Gasteiger partial charge in [-0.05, 0) is 0 Å². The number of allylic oxidation sites excluding steroid dienone is 4. The van der Waals surface area contributed by atoms with Gasteiger partial charge >= 0.3 is 217 Å². The van der Waals surface area contributed by atoms with E-state index in [4.69, 9.17) is 0 Å². The molecule has 34 heavy (non-hydrogen) atoms. The van der Waals surface area contributed by atoms with E-state index >= 15 is 0 Å². The van der Waals surface area contributed by atoms with Crippen LogP contribution in [-0.2, 0) is 32.1 Å². The minimum absolute atomic E-state index is 0.179. The third kappa shape index (κ3) is 4.59. The summed E-state index contributed by atoms with van der Waals surface area (Å²) in [5.74, 6) is 0. The van der Waals surface area contributed by atoms with Gasteiger partial charge in [0.05, 0.1) is 0 Å². The summed E-state index contributed by atoms with van der Waals surface area (Å²) in [4.78, 5) is 0. The Morgan fingerprint density at radius 2 is 1.24 bits per heavy atom. The molecule has 178 valence electrons. The van der Waals surface area contributed by atoms with Crippen molar-refractivity contribution in [1.29, 1.82) is 0 Å². The van der Waals surface area contributed by atoms with Crippen molar-refractivity contribution in [3.8, 4) is 11.1 Å². The molecule has 0 radical (unpaired) electrons. The maximum atomic E-state index is 2.62. The molecule has 5 rings (SSSR count). The fraction of sp³-hybridized carbons (Fsp3) is 0.485. The van der Waals surface area contributed by atoms with Gasteiger partial charge in [0.1, 0.15) is 0 Å². The molecular weight excluding hydrogens is 488 g/mol. The SMILES string of the molecule is CC(C)(C)c1ccc2c(c1)[CH]([Zr]([C]1=CC=CC1)=[C]1CCCCCC1)c1cc(C(C)(C)C)ccc1-2. The number of fused-ring (bicyclic) bond motifs is 3. The summed E-state index contributed by atoms with van der Waals surface area (Å²) < 4.78 is 4.49. The molecule has 2 aromatic rings. The second-order valence-corrected chi connectivity index (χ2v) is 19.6. The molecule has 0 heterocycles. The van der Waals surface area contributed by atoms with Crippen molar-refractivity contribution >= 4 is 3.21 Å². The van der Waals surface area contributed by atoms with Crippen LogP contribution in [0, 0.1) is 0 Å². The first kappa shape index (κ1) is 24.4. The molecular formula is C33H42Zr. The van der Waals surface area contributed by atoms with Crippen LogP contribution in [0.1, 0.15) is 112 Å². The topological polar surface area (TPSA) is 0 Å². The molecule has 1 heteroatoms. The zero-order valence-electron chi connectivity index (χ0n) is 22.2. The molecule has 3 aliphatic carbocycles. The predicted molar refractivity (Wildman–Crippen MR) is 146 cm³/mol. The van der Waals surface area contributed by atoms with E-state index in [1.807, 2.05) is 6.49 Å². The molecule has 0 bridgehead atoms. The van der Waals surface area contributed by atoms with Crippen LogP contribution in [0.4, 0.5) is 0 Å². The Kier molecular flexibility index (Phi) is 6.65. The van der Waals surface area contributed by atoms with Crippen LogP contribution in [0.5, 0.6) is 0 Å². The van der Waals surface area contributed by atoms with Gasteiger partial charge in [0, 0.05) is 0 Å². The molecule has 2 aromatic carbocycles. The predicted octanol–water partition coefficient (Wildman–Crippen LogP) is 9.34. The molecule has 1 saturated carbocycles. The van der Waals surface area contributed by atoms with Crippen molar-refractivity contribution in [1.82, 2.24) is 0 Å². The Balaban J connectivity index is 1.78. The van der Waals surface area contributed by atoms with Gasteiger partial charge < -0.3 is 0 Å². The van der Waals surface area contributed by atoms with E-state index in [9.17, 15) is 0 Å². The Morgan fingerprint density at radius 3 is 1.68 bits per heavy atom. The van der Waals surface area contributed by atoms with E-state index in [1.54, 1.807) is 11.1 Å². The monoisotopic (exact) mass is 528 g/mol. The number of benzene rings is 2. The summed E-state index contributed by atoms with van der Waals surface area (Å²) in [6.07, 6.45) is 17.0. The zero-order chi connectivity index (χ0) is 24.1. The van der Waals surface area contributed by atoms with Gasteiger partial charge in [-0.1, -0.05) is 0 Å². The average Bonchev–Trinajstić information content (AvgIpc) is 3.32. The summed E-state index contributed by atoms with van der Waals surface area (Å²) in [5.41, 5.74) is 9.70. The average molecular weight is 530 g/mol. The van der Waals surface area contributed by atoms with Crippen LogP contribution < -0.4 is 0 Å².